The highest BCUT2D eigenvalue weighted by atomic mass is 19.1. The molecular weight excluding hydrogens is 331 g/mol. The average Bonchev–Trinajstić information content (AvgIpc) is 2.83. The molecule has 0 saturated heterocycles. The summed E-state index contributed by atoms with van der Waals surface area (Å²) in [5.74, 6) is 0.264. The fraction of sp³-hybridized carbons (Fsp3) is 0.727. The van der Waals surface area contributed by atoms with Gasteiger partial charge in [-0.05, 0) is 67.9 Å². The maximum atomic E-state index is 13.3. The number of rotatable bonds is 2. The number of hydrogen-bond acceptors (Lipinski definition) is 3. The minimum Gasteiger partial charge on any atom is -0.381 e. The molecule has 0 heterocycles. The third-order valence-corrected chi connectivity index (χ3v) is 8.68. The highest BCUT2D eigenvalue weighted by molar-refractivity contribution is 6.01. The lowest BCUT2D eigenvalue weighted by Gasteiger charge is -2.58. The molecule has 3 fully saturated rings. The standard InChI is InChI=1S/C22H29FO3/c1-13-10-18-16-5-4-14-11-15(24)6-8-20(14,2)17(16)7-9-21(18,3)22(13,26)19(25)12-23/h6,8,11,13,16-18,26H,4-5,7,9-10,12H2,1-3H3/t13?,16-,17+,18+,20+,21+,22+/m1/s1. The molecule has 3 saturated carbocycles. The molecule has 1 unspecified atom stereocenters. The van der Waals surface area contributed by atoms with Crippen LogP contribution in [0.1, 0.15) is 52.9 Å². The number of carbonyl (C=O) groups is 2. The monoisotopic (exact) mass is 360 g/mol. The van der Waals surface area contributed by atoms with Gasteiger partial charge in [-0.25, -0.2) is 4.39 Å². The van der Waals surface area contributed by atoms with E-state index in [9.17, 15) is 19.1 Å². The Kier molecular flexibility index (Phi) is 3.90. The van der Waals surface area contributed by atoms with E-state index in [0.29, 0.717) is 11.8 Å². The summed E-state index contributed by atoms with van der Waals surface area (Å²) in [5, 5.41) is 11.3. The molecule has 4 heteroatoms. The van der Waals surface area contributed by atoms with Gasteiger partial charge >= 0.3 is 0 Å². The maximum absolute atomic E-state index is 13.3. The third-order valence-electron chi connectivity index (χ3n) is 8.68. The van der Waals surface area contributed by atoms with E-state index >= 15 is 0 Å². The molecule has 4 aliphatic rings. The van der Waals surface area contributed by atoms with Crippen LogP contribution in [-0.4, -0.2) is 28.9 Å². The van der Waals surface area contributed by atoms with Crippen molar-refractivity contribution in [1.82, 2.24) is 0 Å². The molecule has 0 aliphatic heterocycles. The third kappa shape index (κ3) is 2.02. The fourth-order valence-corrected chi connectivity index (χ4v) is 7.24. The lowest BCUT2D eigenvalue weighted by Crippen LogP contribution is -2.59. The average molecular weight is 360 g/mol. The van der Waals surface area contributed by atoms with Crippen molar-refractivity contribution in [3.05, 3.63) is 23.8 Å². The van der Waals surface area contributed by atoms with Gasteiger partial charge in [0, 0.05) is 10.8 Å². The zero-order valence-electron chi connectivity index (χ0n) is 15.9. The van der Waals surface area contributed by atoms with Gasteiger partial charge in [-0.2, -0.15) is 0 Å². The Morgan fingerprint density at radius 2 is 2.04 bits per heavy atom. The number of aliphatic hydroxyl groups is 1. The Bertz CT molecular complexity index is 725. The van der Waals surface area contributed by atoms with Crippen LogP contribution in [0.4, 0.5) is 4.39 Å². The van der Waals surface area contributed by atoms with Gasteiger partial charge in [0.15, 0.2) is 18.2 Å². The minimum atomic E-state index is -1.55. The Hall–Kier alpha value is -1.29. The molecule has 26 heavy (non-hydrogen) atoms. The molecule has 0 aromatic carbocycles. The lowest BCUT2D eigenvalue weighted by atomic mass is 9.47. The molecule has 3 nitrogen and oxygen atoms in total. The van der Waals surface area contributed by atoms with Gasteiger partial charge in [0.25, 0.3) is 0 Å². The maximum Gasteiger partial charge on any atom is 0.196 e. The lowest BCUT2D eigenvalue weighted by molar-refractivity contribution is -0.167. The van der Waals surface area contributed by atoms with Crippen molar-refractivity contribution >= 4 is 11.6 Å². The second kappa shape index (κ2) is 5.60. The Morgan fingerprint density at radius 1 is 1.31 bits per heavy atom. The van der Waals surface area contributed by atoms with Gasteiger partial charge < -0.3 is 5.11 Å². The molecule has 0 bridgehead atoms. The van der Waals surface area contributed by atoms with Crippen molar-refractivity contribution in [2.24, 2.45) is 34.5 Å². The SMILES string of the molecule is CC1C[C@H]2[C@@H]3CCC4=CC(=O)C=C[C@]4(C)[C@H]3CC[C@]2(C)[C@@]1(O)C(=O)CF. The fourth-order valence-electron chi connectivity index (χ4n) is 7.24. The second-order valence-corrected chi connectivity index (χ2v) is 9.52. The topological polar surface area (TPSA) is 54.4 Å². The van der Waals surface area contributed by atoms with Crippen LogP contribution >= 0.6 is 0 Å². The van der Waals surface area contributed by atoms with Gasteiger partial charge in [-0.1, -0.05) is 32.4 Å². The minimum absolute atomic E-state index is 0.0778. The number of carbonyl (C=O) groups excluding carboxylic acids is 2. The molecule has 4 rings (SSSR count). The highest BCUT2D eigenvalue weighted by Gasteiger charge is 2.68. The molecule has 0 spiro atoms. The van der Waals surface area contributed by atoms with Crippen molar-refractivity contribution in [2.75, 3.05) is 6.67 Å². The van der Waals surface area contributed by atoms with E-state index in [2.05, 4.69) is 13.0 Å². The zero-order chi connectivity index (χ0) is 18.9. The van der Waals surface area contributed by atoms with Gasteiger partial charge in [-0.15, -0.1) is 0 Å². The summed E-state index contributed by atoms with van der Waals surface area (Å²) < 4.78 is 13.3. The number of alkyl halides is 1. The predicted octanol–water partition coefficient (Wildman–Crippen LogP) is 3.81. The van der Waals surface area contributed by atoms with Gasteiger partial charge in [0.2, 0.25) is 0 Å². The van der Waals surface area contributed by atoms with Crippen LogP contribution in [0.5, 0.6) is 0 Å². The van der Waals surface area contributed by atoms with Crippen LogP contribution in [0, 0.1) is 34.5 Å². The zero-order valence-corrected chi connectivity index (χ0v) is 15.9. The summed E-state index contributed by atoms with van der Waals surface area (Å²) in [5.41, 5.74) is -0.974. The summed E-state index contributed by atoms with van der Waals surface area (Å²) in [6.45, 7) is 5.06. The number of ketones is 2. The highest BCUT2D eigenvalue weighted by Crippen LogP contribution is 2.68. The summed E-state index contributed by atoms with van der Waals surface area (Å²) in [6, 6.07) is 0. The van der Waals surface area contributed by atoms with Gasteiger partial charge in [0.05, 0.1) is 0 Å². The van der Waals surface area contributed by atoms with Gasteiger partial charge in [-0.3, -0.25) is 9.59 Å². The van der Waals surface area contributed by atoms with Crippen LogP contribution in [-0.2, 0) is 9.59 Å². The van der Waals surface area contributed by atoms with E-state index in [0.717, 1.165) is 32.1 Å². The molecule has 1 N–H and O–H groups in total. The molecule has 0 aromatic rings. The summed E-state index contributed by atoms with van der Waals surface area (Å²) in [7, 11) is 0. The largest absolute Gasteiger partial charge is 0.381 e. The number of allylic oxidation sites excluding steroid dienone is 4. The number of hydrogen-bond donors (Lipinski definition) is 1. The Labute approximate surface area is 154 Å². The first-order valence-electron chi connectivity index (χ1n) is 9.94. The van der Waals surface area contributed by atoms with Crippen LogP contribution in [0.15, 0.2) is 23.8 Å². The molecule has 4 aliphatic carbocycles. The Morgan fingerprint density at radius 3 is 2.73 bits per heavy atom. The second-order valence-electron chi connectivity index (χ2n) is 9.52. The number of fused-ring (bicyclic) bond motifs is 5. The van der Waals surface area contributed by atoms with Crippen LogP contribution in [0.2, 0.25) is 0 Å². The smallest absolute Gasteiger partial charge is 0.196 e. The molecule has 7 atom stereocenters. The Balaban J connectivity index is 1.72. The van der Waals surface area contributed by atoms with E-state index in [4.69, 9.17) is 0 Å². The summed E-state index contributed by atoms with van der Waals surface area (Å²) in [4.78, 5) is 24.2. The van der Waals surface area contributed by atoms with Crippen molar-refractivity contribution < 1.29 is 19.1 Å². The van der Waals surface area contributed by atoms with E-state index in [1.807, 2.05) is 19.9 Å². The first-order valence-corrected chi connectivity index (χ1v) is 9.94. The normalized spacial score (nSPS) is 49.9. The van der Waals surface area contributed by atoms with Crippen molar-refractivity contribution in [1.29, 1.82) is 0 Å². The first-order chi connectivity index (χ1) is 12.2. The molecule has 0 aromatic heterocycles. The molecule has 0 radical (unpaired) electrons. The molecule has 0 amide bonds. The predicted molar refractivity (Wildman–Crippen MR) is 97.1 cm³/mol. The molecule has 142 valence electrons. The van der Waals surface area contributed by atoms with Crippen LogP contribution < -0.4 is 0 Å². The van der Waals surface area contributed by atoms with Gasteiger partial charge in [0.1, 0.15) is 5.60 Å². The van der Waals surface area contributed by atoms with Crippen LogP contribution in [0.25, 0.3) is 0 Å². The summed E-state index contributed by atoms with van der Waals surface area (Å²) >= 11 is 0. The van der Waals surface area contributed by atoms with E-state index in [-0.39, 0.29) is 23.0 Å². The van der Waals surface area contributed by atoms with Crippen molar-refractivity contribution in [3.63, 3.8) is 0 Å². The molecular formula is C22H29FO3. The van der Waals surface area contributed by atoms with E-state index in [1.54, 1.807) is 6.08 Å². The van der Waals surface area contributed by atoms with E-state index in [1.165, 1.54) is 5.57 Å². The number of halogens is 1. The van der Waals surface area contributed by atoms with Crippen molar-refractivity contribution in [3.8, 4) is 0 Å². The van der Waals surface area contributed by atoms with Crippen LogP contribution in [0.3, 0.4) is 0 Å². The van der Waals surface area contributed by atoms with Crippen molar-refractivity contribution in [2.45, 2.75) is 58.5 Å². The number of Topliss-reactive ketones (excluding diaryl/α,β-unsaturated/α-hetero) is 1. The summed E-state index contributed by atoms with van der Waals surface area (Å²) in [6.07, 6.45) is 9.88. The van der Waals surface area contributed by atoms with E-state index < -0.39 is 23.5 Å². The first kappa shape index (κ1) is 18.1. The quantitative estimate of drug-likeness (QED) is 0.815.